The standard InChI is InChI=1S/C13H25NO4/c1-10-5-4-6-13(17,7-10)9-14-8-12(2,16)11(15)18-3/h10,14,16-17H,4-9H2,1-3H3. The lowest BCUT2D eigenvalue weighted by atomic mass is 9.79. The molecule has 5 nitrogen and oxygen atoms in total. The van der Waals surface area contributed by atoms with E-state index in [9.17, 15) is 15.0 Å². The Kier molecular flexibility index (Phi) is 5.13. The normalized spacial score (nSPS) is 31.7. The van der Waals surface area contributed by atoms with Crippen molar-refractivity contribution in [1.29, 1.82) is 0 Å². The van der Waals surface area contributed by atoms with Crippen LogP contribution in [0, 0.1) is 5.92 Å². The second-order valence-corrected chi connectivity index (χ2v) is 5.79. The molecule has 0 aliphatic heterocycles. The quantitative estimate of drug-likeness (QED) is 0.624. The summed E-state index contributed by atoms with van der Waals surface area (Å²) >= 11 is 0. The van der Waals surface area contributed by atoms with Crippen LogP contribution >= 0.6 is 0 Å². The van der Waals surface area contributed by atoms with Gasteiger partial charge in [-0.2, -0.15) is 0 Å². The number of methoxy groups -OCH3 is 1. The lowest BCUT2D eigenvalue weighted by Crippen LogP contribution is -2.51. The average molecular weight is 259 g/mol. The van der Waals surface area contributed by atoms with Gasteiger partial charge in [0.2, 0.25) is 0 Å². The largest absolute Gasteiger partial charge is 0.467 e. The summed E-state index contributed by atoms with van der Waals surface area (Å²) in [6.45, 7) is 4.01. The highest BCUT2D eigenvalue weighted by Gasteiger charge is 2.35. The fraction of sp³-hybridized carbons (Fsp3) is 0.923. The van der Waals surface area contributed by atoms with Crippen LogP contribution in [0.4, 0.5) is 0 Å². The van der Waals surface area contributed by atoms with Gasteiger partial charge in [-0.05, 0) is 25.7 Å². The van der Waals surface area contributed by atoms with Crippen molar-refractivity contribution >= 4 is 5.97 Å². The highest BCUT2D eigenvalue weighted by molar-refractivity contribution is 5.78. The Bertz CT molecular complexity index is 293. The number of esters is 1. The highest BCUT2D eigenvalue weighted by atomic mass is 16.5. The van der Waals surface area contributed by atoms with E-state index in [1.54, 1.807) is 0 Å². The number of aliphatic hydroxyl groups is 2. The van der Waals surface area contributed by atoms with Crippen molar-refractivity contribution in [2.75, 3.05) is 20.2 Å². The van der Waals surface area contributed by atoms with Crippen LogP contribution in [0.5, 0.6) is 0 Å². The van der Waals surface area contributed by atoms with Gasteiger partial charge in [-0.3, -0.25) is 0 Å². The van der Waals surface area contributed by atoms with E-state index in [1.165, 1.54) is 14.0 Å². The van der Waals surface area contributed by atoms with E-state index in [-0.39, 0.29) is 6.54 Å². The molecule has 1 saturated carbocycles. The van der Waals surface area contributed by atoms with E-state index < -0.39 is 17.2 Å². The Morgan fingerprint density at radius 2 is 2.28 bits per heavy atom. The molecule has 3 N–H and O–H groups in total. The summed E-state index contributed by atoms with van der Waals surface area (Å²) in [5, 5.41) is 23.2. The molecule has 0 radical (unpaired) electrons. The minimum absolute atomic E-state index is 0.0797. The first-order chi connectivity index (χ1) is 8.29. The highest BCUT2D eigenvalue weighted by Crippen LogP contribution is 2.31. The zero-order valence-electron chi connectivity index (χ0n) is 11.5. The molecule has 1 rings (SSSR count). The van der Waals surface area contributed by atoms with Crippen molar-refractivity contribution in [3.8, 4) is 0 Å². The maximum atomic E-state index is 11.3. The van der Waals surface area contributed by atoms with Gasteiger partial charge >= 0.3 is 5.97 Å². The van der Waals surface area contributed by atoms with Crippen molar-refractivity contribution < 1.29 is 19.7 Å². The molecule has 0 spiro atoms. The average Bonchev–Trinajstić information content (AvgIpc) is 2.26. The van der Waals surface area contributed by atoms with Gasteiger partial charge in [0.15, 0.2) is 5.60 Å². The molecule has 18 heavy (non-hydrogen) atoms. The van der Waals surface area contributed by atoms with Crippen molar-refractivity contribution in [3.63, 3.8) is 0 Å². The van der Waals surface area contributed by atoms with Crippen LogP contribution in [0.1, 0.15) is 39.5 Å². The molecule has 3 unspecified atom stereocenters. The minimum Gasteiger partial charge on any atom is -0.467 e. The van der Waals surface area contributed by atoms with Crippen molar-refractivity contribution in [2.24, 2.45) is 5.92 Å². The first-order valence-corrected chi connectivity index (χ1v) is 6.53. The molecule has 106 valence electrons. The number of ether oxygens (including phenoxy) is 1. The summed E-state index contributed by atoms with van der Waals surface area (Å²) in [5.41, 5.74) is -2.27. The topological polar surface area (TPSA) is 78.8 Å². The maximum absolute atomic E-state index is 11.3. The smallest absolute Gasteiger partial charge is 0.338 e. The first-order valence-electron chi connectivity index (χ1n) is 6.53. The summed E-state index contributed by atoms with van der Waals surface area (Å²) in [4.78, 5) is 11.3. The van der Waals surface area contributed by atoms with Crippen LogP contribution in [-0.4, -0.2) is 47.6 Å². The summed E-state index contributed by atoms with van der Waals surface area (Å²) in [5.74, 6) is -0.148. The predicted molar refractivity (Wildman–Crippen MR) is 68.1 cm³/mol. The molecule has 1 aliphatic carbocycles. The SMILES string of the molecule is COC(=O)C(C)(O)CNCC1(O)CCCC(C)C1. The third-order valence-corrected chi connectivity index (χ3v) is 3.62. The number of carbonyl (C=O) groups is 1. The van der Waals surface area contributed by atoms with Gasteiger partial charge in [0.05, 0.1) is 12.7 Å². The third-order valence-electron chi connectivity index (χ3n) is 3.62. The zero-order chi connectivity index (χ0) is 13.8. The molecule has 0 aromatic rings. The third kappa shape index (κ3) is 4.23. The maximum Gasteiger partial charge on any atom is 0.338 e. The van der Waals surface area contributed by atoms with E-state index in [4.69, 9.17) is 0 Å². The van der Waals surface area contributed by atoms with E-state index in [0.29, 0.717) is 12.5 Å². The van der Waals surface area contributed by atoms with Crippen LogP contribution in [0.3, 0.4) is 0 Å². The molecule has 0 heterocycles. The van der Waals surface area contributed by atoms with Crippen LogP contribution in [0.2, 0.25) is 0 Å². The summed E-state index contributed by atoms with van der Waals surface area (Å²) in [6, 6.07) is 0. The molecule has 0 aromatic heterocycles. The molecule has 0 aromatic carbocycles. The van der Waals surface area contributed by atoms with Crippen LogP contribution < -0.4 is 5.32 Å². The molecule has 0 amide bonds. The molecular weight excluding hydrogens is 234 g/mol. The Morgan fingerprint density at radius 3 is 2.83 bits per heavy atom. The first kappa shape index (κ1) is 15.4. The lowest BCUT2D eigenvalue weighted by Gasteiger charge is -2.36. The van der Waals surface area contributed by atoms with Crippen molar-refractivity contribution in [1.82, 2.24) is 5.32 Å². The van der Waals surface area contributed by atoms with Crippen LogP contribution in [0.15, 0.2) is 0 Å². The Morgan fingerprint density at radius 1 is 1.61 bits per heavy atom. The Balaban J connectivity index is 2.39. The van der Waals surface area contributed by atoms with Gasteiger partial charge in [0, 0.05) is 13.1 Å². The van der Waals surface area contributed by atoms with E-state index in [1.807, 2.05) is 0 Å². The molecule has 5 heteroatoms. The zero-order valence-corrected chi connectivity index (χ0v) is 11.5. The molecule has 1 aliphatic rings. The number of rotatable bonds is 5. The van der Waals surface area contributed by atoms with Gasteiger partial charge in [-0.1, -0.05) is 19.8 Å². The number of hydrogen-bond acceptors (Lipinski definition) is 5. The van der Waals surface area contributed by atoms with Gasteiger partial charge in [-0.25, -0.2) is 4.79 Å². The fourth-order valence-electron chi connectivity index (χ4n) is 2.62. The second kappa shape index (κ2) is 5.99. The fourth-order valence-corrected chi connectivity index (χ4v) is 2.62. The van der Waals surface area contributed by atoms with Gasteiger partial charge in [0.1, 0.15) is 0 Å². The molecular formula is C13H25NO4. The summed E-state index contributed by atoms with van der Waals surface area (Å²) in [7, 11) is 1.24. The molecule has 3 atom stereocenters. The van der Waals surface area contributed by atoms with Gasteiger partial charge in [0.25, 0.3) is 0 Å². The monoisotopic (exact) mass is 259 g/mol. The van der Waals surface area contributed by atoms with Gasteiger partial charge in [-0.15, -0.1) is 0 Å². The Labute approximate surface area is 109 Å². The predicted octanol–water partition coefficient (Wildman–Crippen LogP) is 0.441. The van der Waals surface area contributed by atoms with Crippen LogP contribution in [-0.2, 0) is 9.53 Å². The minimum atomic E-state index is -1.55. The van der Waals surface area contributed by atoms with E-state index >= 15 is 0 Å². The summed E-state index contributed by atoms with van der Waals surface area (Å²) in [6.07, 6.45) is 3.71. The van der Waals surface area contributed by atoms with Crippen molar-refractivity contribution in [3.05, 3.63) is 0 Å². The molecule has 0 saturated heterocycles. The molecule has 1 fully saturated rings. The molecule has 0 bridgehead atoms. The van der Waals surface area contributed by atoms with E-state index in [0.717, 1.165) is 25.7 Å². The van der Waals surface area contributed by atoms with Crippen molar-refractivity contribution in [2.45, 2.75) is 50.7 Å². The number of hydrogen-bond donors (Lipinski definition) is 3. The Hall–Kier alpha value is -0.650. The summed E-state index contributed by atoms with van der Waals surface area (Å²) < 4.78 is 4.51. The second-order valence-electron chi connectivity index (χ2n) is 5.79. The number of nitrogens with one attached hydrogen (secondary N) is 1. The van der Waals surface area contributed by atoms with Gasteiger partial charge < -0.3 is 20.3 Å². The number of carbonyl (C=O) groups excluding carboxylic acids is 1. The van der Waals surface area contributed by atoms with E-state index in [2.05, 4.69) is 17.0 Å². The van der Waals surface area contributed by atoms with Crippen LogP contribution in [0.25, 0.3) is 0 Å². The lowest BCUT2D eigenvalue weighted by molar-refractivity contribution is -0.160.